The molecular formula is C22H21BO3. The first-order valence-electron chi connectivity index (χ1n) is 11.6. The lowest BCUT2D eigenvalue weighted by Crippen LogP contribution is -2.41. The zero-order chi connectivity index (χ0) is 23.3. The fraction of sp³-hybridized carbons (Fsp3) is 0.273. The van der Waals surface area contributed by atoms with Crippen molar-refractivity contribution in [1.82, 2.24) is 0 Å². The van der Waals surface area contributed by atoms with Crippen molar-refractivity contribution in [2.45, 2.75) is 38.9 Å². The summed E-state index contributed by atoms with van der Waals surface area (Å²) < 4.78 is 67.8. The summed E-state index contributed by atoms with van der Waals surface area (Å²) in [5.74, 6) is 0. The maximum atomic E-state index is 8.44. The molecule has 5 rings (SSSR count). The molecule has 1 saturated heterocycles. The Bertz CT molecular complexity index is 1440. The van der Waals surface area contributed by atoms with Gasteiger partial charge in [0.15, 0.2) is 0 Å². The quantitative estimate of drug-likeness (QED) is 0.451. The highest BCUT2D eigenvalue weighted by Gasteiger charge is 2.51. The molecular weight excluding hydrogens is 323 g/mol. The lowest BCUT2D eigenvalue weighted by molar-refractivity contribution is 0.00578. The van der Waals surface area contributed by atoms with Crippen LogP contribution < -0.4 is 5.46 Å². The van der Waals surface area contributed by atoms with Crippen molar-refractivity contribution < 1.29 is 22.0 Å². The van der Waals surface area contributed by atoms with Crippen LogP contribution in [0.2, 0.25) is 0 Å². The Morgan fingerprint density at radius 3 is 2.35 bits per heavy atom. The van der Waals surface area contributed by atoms with E-state index in [-0.39, 0.29) is 46.6 Å². The molecule has 0 aliphatic carbocycles. The maximum absolute atomic E-state index is 8.44. The van der Waals surface area contributed by atoms with Gasteiger partial charge in [-0.1, -0.05) is 42.3 Å². The van der Waals surface area contributed by atoms with Crippen LogP contribution in [0.4, 0.5) is 0 Å². The van der Waals surface area contributed by atoms with Gasteiger partial charge in [0, 0.05) is 10.8 Å². The van der Waals surface area contributed by atoms with E-state index in [1.807, 2.05) is 33.8 Å². The second kappa shape index (κ2) is 5.12. The maximum Gasteiger partial charge on any atom is 0.494 e. The fourth-order valence-electron chi connectivity index (χ4n) is 3.29. The van der Waals surface area contributed by atoms with Crippen LogP contribution in [0, 0.1) is 0 Å². The summed E-state index contributed by atoms with van der Waals surface area (Å²) in [5.41, 5.74) is 0.274. The molecule has 0 unspecified atom stereocenters. The number of hydrogen-bond acceptors (Lipinski definition) is 3. The summed E-state index contributed by atoms with van der Waals surface area (Å²) in [4.78, 5) is 0. The topological polar surface area (TPSA) is 31.6 Å². The van der Waals surface area contributed by atoms with Gasteiger partial charge in [0.25, 0.3) is 0 Å². The van der Waals surface area contributed by atoms with Crippen molar-refractivity contribution in [3.8, 4) is 0 Å². The van der Waals surface area contributed by atoms with E-state index in [1.54, 1.807) is 12.1 Å². The van der Waals surface area contributed by atoms with E-state index in [4.69, 9.17) is 22.0 Å². The van der Waals surface area contributed by atoms with E-state index >= 15 is 0 Å². The summed E-state index contributed by atoms with van der Waals surface area (Å²) in [6.45, 7) is 7.87. The minimum absolute atomic E-state index is 0.0197. The largest absolute Gasteiger partial charge is 0.494 e. The van der Waals surface area contributed by atoms with Gasteiger partial charge in [-0.15, -0.1) is 0 Å². The molecule has 0 N–H and O–H groups in total. The summed E-state index contributed by atoms with van der Waals surface area (Å²) in [6.07, 6.45) is 0. The molecule has 4 heteroatoms. The second-order valence-corrected chi connectivity index (χ2v) is 7.65. The molecule has 0 bridgehead atoms. The van der Waals surface area contributed by atoms with E-state index in [0.29, 0.717) is 16.4 Å². The van der Waals surface area contributed by atoms with Crippen LogP contribution in [-0.2, 0) is 9.31 Å². The number of benzene rings is 3. The third-order valence-corrected chi connectivity index (χ3v) is 5.48. The van der Waals surface area contributed by atoms with E-state index in [1.165, 1.54) is 0 Å². The zero-order valence-corrected chi connectivity index (χ0v) is 15.0. The Morgan fingerprint density at radius 1 is 0.846 bits per heavy atom. The Balaban J connectivity index is 1.82. The summed E-state index contributed by atoms with van der Waals surface area (Å²) in [5, 5.41) is 1.22. The van der Waals surface area contributed by atoms with Gasteiger partial charge in [0.1, 0.15) is 11.2 Å². The number of furan rings is 1. The first-order valence-corrected chi connectivity index (χ1v) is 8.56. The molecule has 0 radical (unpaired) electrons. The third-order valence-electron chi connectivity index (χ3n) is 5.48. The number of fused-ring (bicyclic) bond motifs is 5. The van der Waals surface area contributed by atoms with E-state index in [0.717, 1.165) is 5.46 Å². The molecule has 1 aliphatic rings. The molecule has 1 aromatic heterocycles. The van der Waals surface area contributed by atoms with Gasteiger partial charge in [0.2, 0.25) is 0 Å². The standard InChI is InChI=1S/C22H21BO3/c1-21(2)22(3,4)26-23(25-21)15-10-11-17-19(13-15)24-18-12-9-14-7-5-6-8-16(14)20(17)18/h5-13H,1-4H3/i5D,6D,7D,8D,9D,12D. The van der Waals surface area contributed by atoms with Crippen molar-refractivity contribution >= 4 is 45.3 Å². The van der Waals surface area contributed by atoms with Crippen LogP contribution in [0.1, 0.15) is 35.9 Å². The van der Waals surface area contributed by atoms with E-state index < -0.39 is 24.4 Å². The summed E-state index contributed by atoms with van der Waals surface area (Å²) in [6, 6.07) is 3.48. The molecule has 2 heterocycles. The summed E-state index contributed by atoms with van der Waals surface area (Å²) in [7, 11) is -0.603. The van der Waals surface area contributed by atoms with Crippen molar-refractivity contribution in [3.63, 3.8) is 0 Å². The van der Waals surface area contributed by atoms with Crippen molar-refractivity contribution in [1.29, 1.82) is 0 Å². The van der Waals surface area contributed by atoms with Gasteiger partial charge >= 0.3 is 7.12 Å². The van der Waals surface area contributed by atoms with Gasteiger partial charge < -0.3 is 13.7 Å². The summed E-state index contributed by atoms with van der Waals surface area (Å²) >= 11 is 0. The third kappa shape index (κ3) is 2.16. The lowest BCUT2D eigenvalue weighted by atomic mass is 9.79. The average Bonchev–Trinajstić information content (AvgIpc) is 3.20. The van der Waals surface area contributed by atoms with Crippen molar-refractivity contribution in [2.24, 2.45) is 0 Å². The average molecular weight is 350 g/mol. The number of rotatable bonds is 1. The van der Waals surface area contributed by atoms with Crippen LogP contribution in [0.25, 0.3) is 32.7 Å². The molecule has 0 saturated carbocycles. The Morgan fingerprint density at radius 2 is 1.58 bits per heavy atom. The second-order valence-electron chi connectivity index (χ2n) is 7.65. The van der Waals surface area contributed by atoms with Crippen LogP contribution in [0.15, 0.2) is 58.9 Å². The molecule has 3 nitrogen and oxygen atoms in total. The molecule has 1 aliphatic heterocycles. The number of hydrogen-bond donors (Lipinski definition) is 0. The SMILES string of the molecule is [2H]c1c([2H])c([2H])c2c(c1[2H])c([2H])c([2H])c1oc3cc(B4OC(C)(C)C(C)(C)O4)ccc3c12. The van der Waals surface area contributed by atoms with Gasteiger partial charge in [-0.25, -0.2) is 0 Å². The molecule has 130 valence electrons. The Kier molecular flexibility index (Phi) is 2.12. The smallest absolute Gasteiger partial charge is 0.456 e. The van der Waals surface area contributed by atoms with Gasteiger partial charge in [-0.2, -0.15) is 0 Å². The Hall–Kier alpha value is -2.30. The van der Waals surface area contributed by atoms with Crippen LogP contribution >= 0.6 is 0 Å². The monoisotopic (exact) mass is 350 g/mol. The van der Waals surface area contributed by atoms with Crippen molar-refractivity contribution in [2.75, 3.05) is 0 Å². The van der Waals surface area contributed by atoms with Crippen LogP contribution in [0.3, 0.4) is 0 Å². The predicted octanol–water partition coefficient (Wildman–Crippen LogP) is 5.04. The minimum Gasteiger partial charge on any atom is -0.456 e. The minimum atomic E-state index is -0.603. The molecule has 0 amide bonds. The first-order chi connectivity index (χ1) is 14.9. The van der Waals surface area contributed by atoms with Gasteiger partial charge in [0.05, 0.1) is 19.4 Å². The van der Waals surface area contributed by atoms with Crippen molar-refractivity contribution in [3.05, 3.63) is 54.5 Å². The fourth-order valence-corrected chi connectivity index (χ4v) is 3.29. The molecule has 3 aromatic carbocycles. The van der Waals surface area contributed by atoms with Crippen LogP contribution in [-0.4, -0.2) is 18.3 Å². The first kappa shape index (κ1) is 10.8. The zero-order valence-electron chi connectivity index (χ0n) is 21.0. The normalized spacial score (nSPS) is 22.2. The Labute approximate surface area is 161 Å². The highest BCUT2D eigenvalue weighted by atomic mass is 16.7. The molecule has 0 atom stereocenters. The molecule has 1 fully saturated rings. The highest BCUT2D eigenvalue weighted by molar-refractivity contribution is 6.62. The van der Waals surface area contributed by atoms with E-state index in [9.17, 15) is 0 Å². The molecule has 0 spiro atoms. The molecule has 26 heavy (non-hydrogen) atoms. The lowest BCUT2D eigenvalue weighted by Gasteiger charge is -2.32. The van der Waals surface area contributed by atoms with Gasteiger partial charge in [-0.05, 0) is 56.0 Å². The highest BCUT2D eigenvalue weighted by Crippen LogP contribution is 2.38. The van der Waals surface area contributed by atoms with E-state index in [2.05, 4.69) is 0 Å². The predicted molar refractivity (Wildman–Crippen MR) is 107 cm³/mol. The van der Waals surface area contributed by atoms with Gasteiger partial charge in [-0.3, -0.25) is 0 Å². The molecule has 4 aromatic rings. The van der Waals surface area contributed by atoms with Crippen LogP contribution in [0.5, 0.6) is 0 Å².